The maximum atomic E-state index is 11.6. The molecule has 1 aromatic carbocycles. The lowest BCUT2D eigenvalue weighted by atomic mass is 10.1. The highest BCUT2D eigenvalue weighted by Gasteiger charge is 2.38. The van der Waals surface area contributed by atoms with Gasteiger partial charge in [0.25, 0.3) is 17.7 Å². The highest BCUT2D eigenvalue weighted by molar-refractivity contribution is 6.30. The highest BCUT2D eigenvalue weighted by Crippen LogP contribution is 2.22. The minimum atomic E-state index is -0.693. The van der Waals surface area contributed by atoms with Gasteiger partial charge < -0.3 is 0 Å². The number of fused-ring (bicyclic) bond motifs is 1. The molecule has 15 heavy (non-hydrogen) atoms. The van der Waals surface area contributed by atoms with Gasteiger partial charge in [-0.2, -0.15) is 0 Å². The zero-order valence-corrected chi connectivity index (χ0v) is 7.77. The van der Waals surface area contributed by atoms with E-state index in [-0.39, 0.29) is 11.1 Å². The number of benzene rings is 1. The van der Waals surface area contributed by atoms with Crippen LogP contribution in [0.15, 0.2) is 36.9 Å². The number of carbonyl (C=O) groups excluding carboxylic acids is 3. The Morgan fingerprint density at radius 3 is 2.00 bits per heavy atom. The van der Waals surface area contributed by atoms with E-state index in [1.165, 1.54) is 12.1 Å². The SMILES string of the molecule is C=CC(=O)N1C(=O)c2ccccc2C1=O. The third-order valence-corrected chi connectivity index (χ3v) is 2.19. The third kappa shape index (κ3) is 1.19. The Labute approximate surface area is 85.8 Å². The van der Waals surface area contributed by atoms with E-state index in [2.05, 4.69) is 6.58 Å². The smallest absolute Gasteiger partial charge is 0.268 e. The molecule has 1 aliphatic heterocycles. The fraction of sp³-hybridized carbons (Fsp3) is 0. The van der Waals surface area contributed by atoms with E-state index in [0.29, 0.717) is 4.90 Å². The van der Waals surface area contributed by atoms with Crippen LogP contribution >= 0.6 is 0 Å². The van der Waals surface area contributed by atoms with Crippen molar-refractivity contribution in [2.24, 2.45) is 0 Å². The highest BCUT2D eigenvalue weighted by atomic mass is 16.2. The maximum Gasteiger partial charge on any atom is 0.268 e. The maximum absolute atomic E-state index is 11.6. The van der Waals surface area contributed by atoms with E-state index in [4.69, 9.17) is 0 Å². The van der Waals surface area contributed by atoms with Crippen molar-refractivity contribution in [1.82, 2.24) is 4.90 Å². The van der Waals surface area contributed by atoms with Crippen LogP contribution in [0.3, 0.4) is 0 Å². The largest absolute Gasteiger partial charge is 0.269 e. The Hall–Kier alpha value is -2.23. The summed E-state index contributed by atoms with van der Waals surface area (Å²) >= 11 is 0. The predicted molar refractivity (Wildman–Crippen MR) is 52.1 cm³/mol. The summed E-state index contributed by atoms with van der Waals surface area (Å²) in [5.74, 6) is -1.86. The third-order valence-electron chi connectivity index (χ3n) is 2.19. The summed E-state index contributed by atoms with van der Waals surface area (Å²) in [6, 6.07) is 6.33. The van der Waals surface area contributed by atoms with E-state index in [1.54, 1.807) is 12.1 Å². The van der Waals surface area contributed by atoms with Crippen molar-refractivity contribution in [2.75, 3.05) is 0 Å². The quantitative estimate of drug-likeness (QED) is 0.503. The van der Waals surface area contributed by atoms with Crippen LogP contribution in [0, 0.1) is 0 Å². The first-order valence-electron chi connectivity index (χ1n) is 4.31. The van der Waals surface area contributed by atoms with Crippen molar-refractivity contribution in [2.45, 2.75) is 0 Å². The first-order chi connectivity index (χ1) is 7.16. The van der Waals surface area contributed by atoms with Crippen molar-refractivity contribution in [1.29, 1.82) is 0 Å². The van der Waals surface area contributed by atoms with E-state index in [1.807, 2.05) is 0 Å². The van der Waals surface area contributed by atoms with Gasteiger partial charge >= 0.3 is 0 Å². The molecule has 0 spiro atoms. The standard InChI is InChI=1S/C11H7NO3/c1-2-9(13)12-10(14)7-5-3-4-6-8(7)11(12)15/h2-6H,1H2. The summed E-state index contributed by atoms with van der Waals surface area (Å²) in [6.45, 7) is 3.24. The molecule has 1 aliphatic rings. The summed E-state index contributed by atoms with van der Waals surface area (Å²) in [5, 5.41) is 0. The van der Waals surface area contributed by atoms with Gasteiger partial charge in [-0.05, 0) is 18.2 Å². The Balaban J connectivity index is 2.55. The molecule has 3 amide bonds. The molecular weight excluding hydrogens is 194 g/mol. The lowest BCUT2D eigenvalue weighted by Gasteiger charge is -2.07. The molecule has 0 N–H and O–H groups in total. The van der Waals surface area contributed by atoms with Gasteiger partial charge in [0.1, 0.15) is 0 Å². The summed E-state index contributed by atoms with van der Waals surface area (Å²) < 4.78 is 0. The number of carbonyl (C=O) groups is 3. The number of hydrogen-bond acceptors (Lipinski definition) is 3. The average Bonchev–Trinajstić information content (AvgIpc) is 2.52. The molecule has 74 valence electrons. The van der Waals surface area contributed by atoms with E-state index in [9.17, 15) is 14.4 Å². The first-order valence-corrected chi connectivity index (χ1v) is 4.31. The summed E-state index contributed by atoms with van der Waals surface area (Å²) in [6.07, 6.45) is 0.946. The zero-order valence-electron chi connectivity index (χ0n) is 7.77. The Morgan fingerprint density at radius 2 is 1.60 bits per heavy atom. The molecule has 0 unspecified atom stereocenters. The average molecular weight is 201 g/mol. The van der Waals surface area contributed by atoms with Gasteiger partial charge in [-0.25, -0.2) is 4.90 Å². The Morgan fingerprint density at radius 1 is 1.13 bits per heavy atom. The number of amides is 3. The number of rotatable bonds is 1. The van der Waals surface area contributed by atoms with Crippen LogP contribution in [-0.4, -0.2) is 22.6 Å². The molecule has 0 atom stereocenters. The molecule has 4 heteroatoms. The Bertz CT molecular complexity index is 455. The van der Waals surface area contributed by atoms with E-state index < -0.39 is 17.7 Å². The lowest BCUT2D eigenvalue weighted by molar-refractivity contribution is -0.121. The van der Waals surface area contributed by atoms with Crippen LogP contribution in [0.2, 0.25) is 0 Å². The zero-order chi connectivity index (χ0) is 11.0. The molecule has 0 fully saturated rings. The molecule has 2 rings (SSSR count). The summed E-state index contributed by atoms with van der Waals surface area (Å²) in [4.78, 5) is 35.2. The fourth-order valence-corrected chi connectivity index (χ4v) is 1.48. The summed E-state index contributed by atoms with van der Waals surface area (Å²) in [5.41, 5.74) is 0.524. The molecule has 0 saturated heterocycles. The molecular formula is C11H7NO3. The van der Waals surface area contributed by atoms with Crippen molar-refractivity contribution >= 4 is 17.7 Å². The second-order valence-electron chi connectivity index (χ2n) is 3.03. The van der Waals surface area contributed by atoms with Crippen LogP contribution in [0.25, 0.3) is 0 Å². The van der Waals surface area contributed by atoms with Gasteiger partial charge in [0.15, 0.2) is 0 Å². The van der Waals surface area contributed by atoms with Crippen LogP contribution in [0.1, 0.15) is 20.7 Å². The molecule has 0 aliphatic carbocycles. The normalized spacial score (nSPS) is 14.0. The second kappa shape index (κ2) is 3.16. The van der Waals surface area contributed by atoms with Gasteiger partial charge in [-0.15, -0.1) is 0 Å². The van der Waals surface area contributed by atoms with Crippen LogP contribution in [0.4, 0.5) is 0 Å². The molecule has 1 aromatic rings. The number of nitrogens with zero attached hydrogens (tertiary/aromatic N) is 1. The molecule has 1 heterocycles. The van der Waals surface area contributed by atoms with Gasteiger partial charge in [0, 0.05) is 0 Å². The second-order valence-corrected chi connectivity index (χ2v) is 3.03. The molecule has 0 saturated carbocycles. The number of imide groups is 3. The summed E-state index contributed by atoms with van der Waals surface area (Å²) in [7, 11) is 0. The van der Waals surface area contributed by atoms with Crippen molar-refractivity contribution in [3.05, 3.63) is 48.0 Å². The molecule has 0 radical (unpaired) electrons. The Kier molecular flexibility index (Phi) is 1.97. The van der Waals surface area contributed by atoms with Crippen molar-refractivity contribution in [3.63, 3.8) is 0 Å². The topological polar surface area (TPSA) is 54.5 Å². The molecule has 0 aromatic heterocycles. The van der Waals surface area contributed by atoms with E-state index in [0.717, 1.165) is 6.08 Å². The first kappa shape index (κ1) is 9.33. The minimum Gasteiger partial charge on any atom is -0.269 e. The lowest BCUT2D eigenvalue weighted by Crippen LogP contribution is -2.34. The van der Waals surface area contributed by atoms with Crippen LogP contribution in [-0.2, 0) is 4.79 Å². The van der Waals surface area contributed by atoms with Crippen LogP contribution < -0.4 is 0 Å². The van der Waals surface area contributed by atoms with Gasteiger partial charge in [0.05, 0.1) is 11.1 Å². The monoisotopic (exact) mass is 201 g/mol. The fourth-order valence-electron chi connectivity index (χ4n) is 1.48. The predicted octanol–water partition coefficient (Wildman–Crippen LogP) is 0.995. The van der Waals surface area contributed by atoms with Crippen LogP contribution in [0.5, 0.6) is 0 Å². The number of hydrogen-bond donors (Lipinski definition) is 0. The van der Waals surface area contributed by atoms with Crippen molar-refractivity contribution < 1.29 is 14.4 Å². The van der Waals surface area contributed by atoms with Gasteiger partial charge in [-0.3, -0.25) is 14.4 Å². The minimum absolute atomic E-state index is 0.262. The van der Waals surface area contributed by atoms with Gasteiger partial charge in [0.2, 0.25) is 0 Å². The molecule has 0 bridgehead atoms. The van der Waals surface area contributed by atoms with E-state index >= 15 is 0 Å². The molecule has 4 nitrogen and oxygen atoms in total. The van der Waals surface area contributed by atoms with Crippen molar-refractivity contribution in [3.8, 4) is 0 Å². The van der Waals surface area contributed by atoms with Gasteiger partial charge in [-0.1, -0.05) is 18.7 Å².